The molecule has 0 aromatic heterocycles. The van der Waals surface area contributed by atoms with Crippen molar-refractivity contribution in [3.05, 3.63) is 29.8 Å². The van der Waals surface area contributed by atoms with Gasteiger partial charge in [-0.25, -0.2) is 4.99 Å². The van der Waals surface area contributed by atoms with Crippen LogP contribution in [0.25, 0.3) is 0 Å². The lowest BCUT2D eigenvalue weighted by Gasteiger charge is -2.15. The van der Waals surface area contributed by atoms with E-state index in [2.05, 4.69) is 24.0 Å². The van der Waals surface area contributed by atoms with E-state index in [0.717, 1.165) is 28.0 Å². The van der Waals surface area contributed by atoms with Gasteiger partial charge >= 0.3 is 5.97 Å². The minimum Gasteiger partial charge on any atom is -0.465 e. The van der Waals surface area contributed by atoms with Gasteiger partial charge in [-0.15, -0.1) is 0 Å². The van der Waals surface area contributed by atoms with Crippen LogP contribution in [-0.4, -0.2) is 28.5 Å². The van der Waals surface area contributed by atoms with Crippen LogP contribution in [0.1, 0.15) is 38.2 Å². The summed E-state index contributed by atoms with van der Waals surface area (Å²) in [7, 11) is 0. The number of carbonyl (C=O) groups excluding carboxylic acids is 1. The highest BCUT2D eigenvalue weighted by Gasteiger charge is 2.13. The van der Waals surface area contributed by atoms with E-state index in [1.54, 1.807) is 0 Å². The molecule has 5 heteroatoms. The first-order valence-electron chi connectivity index (χ1n) is 7.32. The summed E-state index contributed by atoms with van der Waals surface area (Å²) in [4.78, 5) is 15.9. The van der Waals surface area contributed by atoms with Gasteiger partial charge in [0.05, 0.1) is 12.3 Å². The average molecular weight is 323 g/mol. The van der Waals surface area contributed by atoms with Crippen LogP contribution in [0.15, 0.2) is 29.3 Å². The predicted octanol–water partition coefficient (Wildman–Crippen LogP) is 4.60. The van der Waals surface area contributed by atoms with E-state index in [-0.39, 0.29) is 11.9 Å². The number of hydrogen-bond acceptors (Lipinski definition) is 5. The van der Waals surface area contributed by atoms with Gasteiger partial charge in [-0.3, -0.25) is 4.79 Å². The van der Waals surface area contributed by atoms with Crippen molar-refractivity contribution in [2.24, 2.45) is 4.99 Å². The maximum Gasteiger partial charge on any atom is 0.305 e. The van der Waals surface area contributed by atoms with Gasteiger partial charge in [0.15, 0.2) is 0 Å². The third kappa shape index (κ3) is 5.08. The molecule has 0 N–H and O–H groups in total. The Labute approximate surface area is 134 Å². The highest BCUT2D eigenvalue weighted by atomic mass is 32.2. The SMILES string of the molecule is CCC(=O)OCC(CC)c1ccc(N=C2SCCS2)cc1. The Hall–Kier alpha value is -0.940. The molecule has 0 saturated carbocycles. The third-order valence-corrected chi connectivity index (χ3v) is 5.80. The zero-order valence-electron chi connectivity index (χ0n) is 12.5. The van der Waals surface area contributed by atoms with Crippen molar-refractivity contribution >= 4 is 39.6 Å². The lowest BCUT2D eigenvalue weighted by Crippen LogP contribution is -2.11. The van der Waals surface area contributed by atoms with Crippen LogP contribution in [-0.2, 0) is 9.53 Å². The number of benzene rings is 1. The highest BCUT2D eigenvalue weighted by Crippen LogP contribution is 2.30. The Kier molecular flexibility index (Phi) is 6.64. The first-order chi connectivity index (χ1) is 10.2. The molecule has 0 amide bonds. The number of nitrogens with zero attached hydrogens (tertiary/aromatic N) is 1. The Morgan fingerprint density at radius 1 is 1.24 bits per heavy atom. The van der Waals surface area contributed by atoms with Gasteiger partial charge in [-0.1, -0.05) is 49.5 Å². The summed E-state index contributed by atoms with van der Waals surface area (Å²) in [5.74, 6) is 2.44. The number of thioether (sulfide) groups is 2. The fourth-order valence-corrected chi connectivity index (χ4v) is 4.23. The van der Waals surface area contributed by atoms with Crippen LogP contribution >= 0.6 is 23.5 Å². The predicted molar refractivity (Wildman–Crippen MR) is 92.7 cm³/mol. The molecule has 0 radical (unpaired) electrons. The molecule has 1 aliphatic rings. The Bertz CT molecular complexity index is 492. The van der Waals surface area contributed by atoms with E-state index >= 15 is 0 Å². The second-order valence-corrected chi connectivity index (χ2v) is 7.23. The standard InChI is InChI=1S/C16H21NO2S2/c1-3-12(11-19-15(18)4-2)13-5-7-14(8-6-13)17-16-20-9-10-21-16/h5-8,12H,3-4,9-11H2,1-2H3. The lowest BCUT2D eigenvalue weighted by molar-refractivity contribution is -0.143. The van der Waals surface area contributed by atoms with E-state index < -0.39 is 0 Å². The van der Waals surface area contributed by atoms with E-state index in [1.165, 1.54) is 5.56 Å². The van der Waals surface area contributed by atoms with Gasteiger partial charge in [-0.05, 0) is 24.1 Å². The molecule has 1 atom stereocenters. The van der Waals surface area contributed by atoms with E-state index in [1.807, 2.05) is 42.6 Å². The van der Waals surface area contributed by atoms with Crippen LogP contribution in [0.5, 0.6) is 0 Å². The molecule has 21 heavy (non-hydrogen) atoms. The molecule has 114 valence electrons. The summed E-state index contributed by atoms with van der Waals surface area (Å²) in [6.07, 6.45) is 1.39. The van der Waals surface area contributed by atoms with E-state index in [9.17, 15) is 4.79 Å². The van der Waals surface area contributed by atoms with Crippen molar-refractivity contribution in [1.82, 2.24) is 0 Å². The van der Waals surface area contributed by atoms with Crippen LogP contribution in [0.3, 0.4) is 0 Å². The summed E-state index contributed by atoms with van der Waals surface area (Å²) >= 11 is 3.64. The summed E-state index contributed by atoms with van der Waals surface area (Å²) in [6.45, 7) is 4.39. The first kappa shape index (κ1) is 16.4. The zero-order valence-corrected chi connectivity index (χ0v) is 14.1. The maximum absolute atomic E-state index is 11.3. The van der Waals surface area contributed by atoms with Crippen molar-refractivity contribution in [2.45, 2.75) is 32.6 Å². The smallest absolute Gasteiger partial charge is 0.305 e. The minimum atomic E-state index is -0.133. The average Bonchev–Trinajstić information content (AvgIpc) is 3.02. The third-order valence-electron chi connectivity index (χ3n) is 3.35. The molecule has 2 rings (SSSR count). The van der Waals surface area contributed by atoms with Crippen molar-refractivity contribution in [2.75, 3.05) is 18.1 Å². The van der Waals surface area contributed by atoms with Gasteiger partial charge in [0.25, 0.3) is 0 Å². The number of esters is 1. The first-order valence-corrected chi connectivity index (χ1v) is 9.30. The molecule has 1 aromatic carbocycles. The molecular weight excluding hydrogens is 302 g/mol. The zero-order chi connectivity index (χ0) is 15.1. The molecule has 1 heterocycles. The summed E-state index contributed by atoms with van der Waals surface area (Å²) in [5, 5.41) is 0. The lowest BCUT2D eigenvalue weighted by atomic mass is 9.97. The largest absolute Gasteiger partial charge is 0.465 e. The Morgan fingerprint density at radius 2 is 1.90 bits per heavy atom. The Morgan fingerprint density at radius 3 is 2.48 bits per heavy atom. The second kappa shape index (κ2) is 8.49. The van der Waals surface area contributed by atoms with Gasteiger partial charge < -0.3 is 4.74 Å². The molecule has 1 fully saturated rings. The molecule has 0 spiro atoms. The van der Waals surface area contributed by atoms with Crippen molar-refractivity contribution < 1.29 is 9.53 Å². The molecule has 1 unspecified atom stereocenters. The molecule has 1 aliphatic heterocycles. The minimum absolute atomic E-state index is 0.133. The highest BCUT2D eigenvalue weighted by molar-refractivity contribution is 8.41. The number of aliphatic imine (C=N–C) groups is 1. The molecule has 0 bridgehead atoms. The van der Waals surface area contributed by atoms with E-state index in [4.69, 9.17) is 4.74 Å². The van der Waals surface area contributed by atoms with Crippen LogP contribution < -0.4 is 0 Å². The van der Waals surface area contributed by atoms with Crippen LogP contribution in [0.4, 0.5) is 5.69 Å². The summed E-state index contributed by atoms with van der Waals surface area (Å²) in [6, 6.07) is 8.29. The fraction of sp³-hybridized carbons (Fsp3) is 0.500. The number of hydrogen-bond donors (Lipinski definition) is 0. The van der Waals surface area contributed by atoms with Crippen molar-refractivity contribution in [3.63, 3.8) is 0 Å². The number of carbonyl (C=O) groups is 1. The second-order valence-electron chi connectivity index (χ2n) is 4.81. The van der Waals surface area contributed by atoms with Gasteiger partial charge in [0, 0.05) is 23.8 Å². The Balaban J connectivity index is 1.98. The fourth-order valence-electron chi connectivity index (χ4n) is 2.04. The molecule has 3 nitrogen and oxygen atoms in total. The number of rotatable bonds is 6. The molecule has 1 saturated heterocycles. The van der Waals surface area contributed by atoms with Gasteiger partial charge in [0.1, 0.15) is 4.38 Å². The van der Waals surface area contributed by atoms with Gasteiger partial charge in [0.2, 0.25) is 0 Å². The van der Waals surface area contributed by atoms with Crippen molar-refractivity contribution in [3.8, 4) is 0 Å². The van der Waals surface area contributed by atoms with Crippen LogP contribution in [0, 0.1) is 0 Å². The molecule has 0 aliphatic carbocycles. The quantitative estimate of drug-likeness (QED) is 0.717. The van der Waals surface area contributed by atoms with Gasteiger partial charge in [-0.2, -0.15) is 0 Å². The van der Waals surface area contributed by atoms with Crippen molar-refractivity contribution in [1.29, 1.82) is 0 Å². The molecular formula is C16H21NO2S2. The normalized spacial score (nSPS) is 15.8. The molecule has 1 aromatic rings. The monoisotopic (exact) mass is 323 g/mol. The topological polar surface area (TPSA) is 38.7 Å². The maximum atomic E-state index is 11.3. The summed E-state index contributed by atoms with van der Waals surface area (Å²) < 4.78 is 6.42. The van der Waals surface area contributed by atoms with E-state index in [0.29, 0.717) is 13.0 Å². The summed E-state index contributed by atoms with van der Waals surface area (Å²) in [5.41, 5.74) is 2.20. The number of ether oxygens (including phenoxy) is 1. The van der Waals surface area contributed by atoms with Crippen LogP contribution in [0.2, 0.25) is 0 Å².